The minimum atomic E-state index is 1.04. The fraction of sp³-hybridized carbons (Fsp3) is 0. The van der Waals surface area contributed by atoms with Gasteiger partial charge in [0.15, 0.2) is 0 Å². The van der Waals surface area contributed by atoms with Crippen LogP contribution >= 0.6 is 0 Å². The summed E-state index contributed by atoms with van der Waals surface area (Å²) in [6, 6.07) is 76.1. The van der Waals surface area contributed by atoms with Crippen LogP contribution in [0.15, 0.2) is 212 Å². The average molecular weight is 734 g/mol. The molecule has 12 rings (SSSR count). The molecule has 58 heavy (non-hydrogen) atoms. The standard InChI is InChI=1S/C57H35N/c1-3-11-40-33-47(26-18-36(40)9-1)54-50-15-5-6-16-51(50)55(48-27-19-37-10-2-4-12-41(37)34-48)53-35-45(28-29-52(53)54)43-22-23-44-32-46(25-24-42(44)31-43)49-17-7-13-38-20-21-39-14-8-30-58-57(39)56(38)49/h1-35H. The molecule has 0 saturated heterocycles. The minimum absolute atomic E-state index is 1.04. The number of hydrogen-bond acceptors (Lipinski definition) is 1. The Bertz CT molecular complexity index is 3630. The van der Waals surface area contributed by atoms with E-state index in [-0.39, 0.29) is 0 Å². The third-order valence-electron chi connectivity index (χ3n) is 12.2. The second kappa shape index (κ2) is 13.0. The Balaban J connectivity index is 1.06. The number of benzene rings is 11. The van der Waals surface area contributed by atoms with E-state index in [9.17, 15) is 0 Å². The number of pyridine rings is 1. The lowest BCUT2D eigenvalue weighted by molar-refractivity contribution is 1.43. The van der Waals surface area contributed by atoms with Gasteiger partial charge in [-0.25, -0.2) is 0 Å². The van der Waals surface area contributed by atoms with Crippen LogP contribution in [-0.4, -0.2) is 4.98 Å². The van der Waals surface area contributed by atoms with Crippen molar-refractivity contribution in [1.29, 1.82) is 0 Å². The molecule has 0 bridgehead atoms. The molecule has 0 unspecified atom stereocenters. The van der Waals surface area contributed by atoms with Crippen molar-refractivity contribution in [2.75, 3.05) is 0 Å². The molecule has 1 nitrogen and oxygen atoms in total. The Morgan fingerprint density at radius 1 is 0.259 bits per heavy atom. The molecule has 0 spiro atoms. The molecule has 0 N–H and O–H groups in total. The van der Waals surface area contributed by atoms with Crippen molar-refractivity contribution in [2.24, 2.45) is 0 Å². The van der Waals surface area contributed by atoms with Gasteiger partial charge in [-0.1, -0.05) is 170 Å². The fourth-order valence-electron chi connectivity index (χ4n) is 9.42. The highest BCUT2D eigenvalue weighted by Gasteiger charge is 2.19. The van der Waals surface area contributed by atoms with Gasteiger partial charge in [-0.05, 0) is 140 Å². The quantitative estimate of drug-likeness (QED) is 0.130. The van der Waals surface area contributed by atoms with Gasteiger partial charge in [-0.2, -0.15) is 0 Å². The van der Waals surface area contributed by atoms with E-state index in [4.69, 9.17) is 4.98 Å². The summed E-state index contributed by atoms with van der Waals surface area (Å²) in [4.78, 5) is 4.81. The fourth-order valence-corrected chi connectivity index (χ4v) is 9.42. The maximum atomic E-state index is 4.81. The van der Waals surface area contributed by atoms with Crippen molar-refractivity contribution < 1.29 is 0 Å². The molecule has 1 heteroatoms. The predicted octanol–water partition coefficient (Wildman–Crippen LogP) is 15.8. The van der Waals surface area contributed by atoms with Crippen LogP contribution in [0.25, 0.3) is 120 Å². The molecule has 0 aliphatic rings. The Morgan fingerprint density at radius 2 is 0.707 bits per heavy atom. The maximum Gasteiger partial charge on any atom is 0.0786 e. The lowest BCUT2D eigenvalue weighted by Crippen LogP contribution is -1.92. The van der Waals surface area contributed by atoms with Gasteiger partial charge in [0.25, 0.3) is 0 Å². The summed E-state index contributed by atoms with van der Waals surface area (Å²) in [5, 5.41) is 16.0. The highest BCUT2D eigenvalue weighted by Crippen LogP contribution is 2.46. The molecule has 1 aromatic heterocycles. The average Bonchev–Trinajstić information content (AvgIpc) is 3.29. The van der Waals surface area contributed by atoms with Crippen LogP contribution in [0, 0.1) is 0 Å². The molecule has 1 heterocycles. The highest BCUT2D eigenvalue weighted by atomic mass is 14.6. The molecule has 12 aromatic rings. The predicted molar refractivity (Wildman–Crippen MR) is 249 cm³/mol. The molecule has 0 aliphatic heterocycles. The zero-order chi connectivity index (χ0) is 38.2. The molecule has 0 amide bonds. The van der Waals surface area contributed by atoms with E-state index in [2.05, 4.69) is 200 Å². The summed E-state index contributed by atoms with van der Waals surface area (Å²) in [6.07, 6.45) is 1.89. The molecule has 0 radical (unpaired) electrons. The Kier molecular flexibility index (Phi) is 7.30. The van der Waals surface area contributed by atoms with Gasteiger partial charge < -0.3 is 0 Å². The highest BCUT2D eigenvalue weighted by molar-refractivity contribution is 6.23. The van der Waals surface area contributed by atoms with E-state index >= 15 is 0 Å². The van der Waals surface area contributed by atoms with Crippen LogP contribution in [0.4, 0.5) is 0 Å². The molecular weight excluding hydrogens is 699 g/mol. The summed E-state index contributed by atoms with van der Waals surface area (Å²) in [5.41, 5.74) is 10.8. The first-order valence-electron chi connectivity index (χ1n) is 20.0. The lowest BCUT2D eigenvalue weighted by Gasteiger charge is -2.19. The van der Waals surface area contributed by atoms with E-state index < -0.39 is 0 Å². The second-order valence-electron chi connectivity index (χ2n) is 15.5. The van der Waals surface area contributed by atoms with E-state index in [1.807, 2.05) is 12.3 Å². The van der Waals surface area contributed by atoms with Crippen molar-refractivity contribution in [1.82, 2.24) is 4.98 Å². The molecular formula is C57H35N. The van der Waals surface area contributed by atoms with Crippen LogP contribution in [0.2, 0.25) is 0 Å². The van der Waals surface area contributed by atoms with Gasteiger partial charge in [0.05, 0.1) is 5.52 Å². The maximum absolute atomic E-state index is 4.81. The van der Waals surface area contributed by atoms with Gasteiger partial charge in [0.1, 0.15) is 0 Å². The molecule has 0 aliphatic carbocycles. The zero-order valence-corrected chi connectivity index (χ0v) is 31.7. The first-order chi connectivity index (χ1) is 28.7. The van der Waals surface area contributed by atoms with E-state index in [1.165, 1.54) is 109 Å². The first-order valence-corrected chi connectivity index (χ1v) is 20.0. The van der Waals surface area contributed by atoms with Gasteiger partial charge in [-0.15, -0.1) is 0 Å². The van der Waals surface area contributed by atoms with E-state index in [0.717, 1.165) is 10.9 Å². The molecule has 0 atom stereocenters. The smallest absolute Gasteiger partial charge is 0.0786 e. The topological polar surface area (TPSA) is 12.9 Å². The third kappa shape index (κ3) is 5.21. The first kappa shape index (κ1) is 32.6. The van der Waals surface area contributed by atoms with E-state index in [0.29, 0.717) is 0 Å². The van der Waals surface area contributed by atoms with Crippen molar-refractivity contribution in [3.8, 4) is 44.5 Å². The molecule has 0 saturated carbocycles. The number of nitrogens with zero attached hydrogens (tertiary/aromatic N) is 1. The normalized spacial score (nSPS) is 11.8. The molecule has 11 aromatic carbocycles. The summed E-state index contributed by atoms with van der Waals surface area (Å²) in [6.45, 7) is 0. The summed E-state index contributed by atoms with van der Waals surface area (Å²) in [5.74, 6) is 0. The Morgan fingerprint density at radius 3 is 1.43 bits per heavy atom. The Hall–Kier alpha value is -7.61. The van der Waals surface area contributed by atoms with Crippen molar-refractivity contribution in [2.45, 2.75) is 0 Å². The van der Waals surface area contributed by atoms with Crippen molar-refractivity contribution >= 4 is 75.5 Å². The van der Waals surface area contributed by atoms with E-state index in [1.54, 1.807) is 0 Å². The number of fused-ring (bicyclic) bond motifs is 8. The number of rotatable bonds is 4. The van der Waals surface area contributed by atoms with Crippen molar-refractivity contribution in [3.63, 3.8) is 0 Å². The Labute approximate surface area is 336 Å². The van der Waals surface area contributed by atoms with Crippen molar-refractivity contribution in [3.05, 3.63) is 212 Å². The summed E-state index contributed by atoms with van der Waals surface area (Å²) >= 11 is 0. The van der Waals surface area contributed by atoms with Crippen LogP contribution in [-0.2, 0) is 0 Å². The number of hydrogen-bond donors (Lipinski definition) is 0. The van der Waals surface area contributed by atoms with Gasteiger partial charge in [0, 0.05) is 17.0 Å². The van der Waals surface area contributed by atoms with Crippen LogP contribution < -0.4 is 0 Å². The summed E-state index contributed by atoms with van der Waals surface area (Å²) in [7, 11) is 0. The van der Waals surface area contributed by atoms with Crippen LogP contribution in [0.1, 0.15) is 0 Å². The molecule has 268 valence electrons. The zero-order valence-electron chi connectivity index (χ0n) is 31.7. The number of aromatic nitrogens is 1. The lowest BCUT2D eigenvalue weighted by atomic mass is 9.84. The largest absolute Gasteiger partial charge is 0.256 e. The van der Waals surface area contributed by atoms with Crippen LogP contribution in [0.3, 0.4) is 0 Å². The van der Waals surface area contributed by atoms with Gasteiger partial charge in [0.2, 0.25) is 0 Å². The van der Waals surface area contributed by atoms with Gasteiger partial charge in [-0.3, -0.25) is 4.98 Å². The third-order valence-corrected chi connectivity index (χ3v) is 12.2. The second-order valence-corrected chi connectivity index (χ2v) is 15.5. The van der Waals surface area contributed by atoms with Crippen LogP contribution in [0.5, 0.6) is 0 Å². The summed E-state index contributed by atoms with van der Waals surface area (Å²) < 4.78 is 0. The monoisotopic (exact) mass is 733 g/mol. The SMILES string of the molecule is c1ccc2cc(-c3c4ccccc4c(-c4ccc5ccccc5c4)c4cc(-c5ccc6cc(-c7cccc8ccc9cccnc9c78)ccc6c5)ccc34)ccc2c1. The minimum Gasteiger partial charge on any atom is -0.256 e. The van der Waals surface area contributed by atoms with Gasteiger partial charge >= 0.3 is 0 Å². The molecule has 0 fully saturated rings.